The second-order valence-corrected chi connectivity index (χ2v) is 3.48. The number of para-hydroxylation sites is 1. The molecule has 2 aromatic carbocycles. The monoisotopic (exact) mass is 212 g/mol. The normalized spacial score (nSPS) is 10.8. The minimum atomic E-state index is 0.139. The van der Waals surface area contributed by atoms with Crippen LogP contribution in [0, 0.1) is 6.92 Å². The molecule has 2 aromatic rings. The van der Waals surface area contributed by atoms with E-state index in [2.05, 4.69) is 10.2 Å². The molecule has 16 heavy (non-hydrogen) atoms. The Balaban J connectivity index is 2.29. The van der Waals surface area contributed by atoms with E-state index in [0.717, 1.165) is 11.3 Å². The Morgan fingerprint density at radius 2 is 1.38 bits per heavy atom. The second kappa shape index (κ2) is 4.57. The zero-order valence-corrected chi connectivity index (χ0v) is 8.96. The summed E-state index contributed by atoms with van der Waals surface area (Å²) in [6.45, 7) is 1.97. The van der Waals surface area contributed by atoms with Gasteiger partial charge in [-0.05, 0) is 30.7 Å². The van der Waals surface area contributed by atoms with E-state index in [9.17, 15) is 5.11 Å². The molecule has 0 aliphatic carbocycles. The van der Waals surface area contributed by atoms with Gasteiger partial charge in [-0.2, -0.15) is 5.11 Å². The van der Waals surface area contributed by atoms with E-state index >= 15 is 0 Å². The van der Waals surface area contributed by atoms with Crippen molar-refractivity contribution in [2.24, 2.45) is 10.2 Å². The minimum absolute atomic E-state index is 0.139. The van der Waals surface area contributed by atoms with Gasteiger partial charge in [-0.15, -0.1) is 5.11 Å². The van der Waals surface area contributed by atoms with Crippen molar-refractivity contribution in [2.75, 3.05) is 0 Å². The zero-order valence-electron chi connectivity index (χ0n) is 8.96. The molecule has 0 aromatic heterocycles. The number of nitrogens with zero attached hydrogens (tertiary/aromatic N) is 2. The maximum atomic E-state index is 9.50. The molecule has 3 nitrogen and oxygen atoms in total. The van der Waals surface area contributed by atoms with Crippen LogP contribution in [0.4, 0.5) is 11.4 Å². The van der Waals surface area contributed by atoms with Crippen molar-refractivity contribution in [1.82, 2.24) is 0 Å². The van der Waals surface area contributed by atoms with Crippen LogP contribution in [0.2, 0.25) is 0 Å². The Kier molecular flexibility index (Phi) is 2.96. The Labute approximate surface area is 94.1 Å². The first-order chi connectivity index (χ1) is 7.77. The number of aryl methyl sites for hydroxylation is 1. The SMILES string of the molecule is Cc1ccccc1/N=N/c1ccccc1O. The molecule has 0 saturated carbocycles. The highest BCUT2D eigenvalue weighted by Crippen LogP contribution is 2.27. The average Bonchev–Trinajstić information content (AvgIpc) is 2.30. The molecule has 0 amide bonds. The van der Waals surface area contributed by atoms with Gasteiger partial charge in [0.15, 0.2) is 0 Å². The summed E-state index contributed by atoms with van der Waals surface area (Å²) in [6.07, 6.45) is 0. The topological polar surface area (TPSA) is 45.0 Å². The molecule has 0 spiro atoms. The highest BCUT2D eigenvalue weighted by molar-refractivity contribution is 5.51. The van der Waals surface area contributed by atoms with Crippen molar-refractivity contribution in [3.8, 4) is 5.75 Å². The molecule has 3 heteroatoms. The van der Waals surface area contributed by atoms with Crippen molar-refractivity contribution in [3.63, 3.8) is 0 Å². The average molecular weight is 212 g/mol. The maximum absolute atomic E-state index is 9.50. The minimum Gasteiger partial charge on any atom is -0.506 e. The molecule has 0 fully saturated rings. The van der Waals surface area contributed by atoms with Gasteiger partial charge in [0.2, 0.25) is 0 Å². The molecule has 2 rings (SSSR count). The number of benzene rings is 2. The third-order valence-corrected chi connectivity index (χ3v) is 2.26. The highest BCUT2D eigenvalue weighted by atomic mass is 16.3. The predicted octanol–water partition coefficient (Wildman–Crippen LogP) is 4.12. The molecule has 0 bridgehead atoms. The number of aromatic hydroxyl groups is 1. The van der Waals surface area contributed by atoms with Gasteiger partial charge in [-0.25, -0.2) is 0 Å². The van der Waals surface area contributed by atoms with Gasteiger partial charge in [0, 0.05) is 0 Å². The van der Waals surface area contributed by atoms with E-state index in [-0.39, 0.29) is 5.75 Å². The summed E-state index contributed by atoms with van der Waals surface area (Å²) in [5.41, 5.74) is 2.35. The van der Waals surface area contributed by atoms with Gasteiger partial charge in [-0.3, -0.25) is 0 Å². The number of hydrogen-bond donors (Lipinski definition) is 1. The van der Waals surface area contributed by atoms with Gasteiger partial charge in [0.05, 0.1) is 5.69 Å². The van der Waals surface area contributed by atoms with E-state index in [4.69, 9.17) is 0 Å². The first kappa shape index (κ1) is 10.4. The predicted molar refractivity (Wildman–Crippen MR) is 63.5 cm³/mol. The van der Waals surface area contributed by atoms with Crippen LogP contribution in [0.1, 0.15) is 5.56 Å². The first-order valence-electron chi connectivity index (χ1n) is 5.03. The number of azo groups is 1. The van der Waals surface area contributed by atoms with E-state index in [0.29, 0.717) is 5.69 Å². The largest absolute Gasteiger partial charge is 0.506 e. The van der Waals surface area contributed by atoms with Crippen LogP contribution >= 0.6 is 0 Å². The molecule has 80 valence electrons. The lowest BCUT2D eigenvalue weighted by Gasteiger charge is -1.98. The molecular formula is C13H12N2O. The molecule has 0 saturated heterocycles. The van der Waals surface area contributed by atoms with Crippen LogP contribution in [0.3, 0.4) is 0 Å². The van der Waals surface area contributed by atoms with Crippen molar-refractivity contribution in [1.29, 1.82) is 0 Å². The second-order valence-electron chi connectivity index (χ2n) is 3.48. The van der Waals surface area contributed by atoms with Crippen LogP contribution < -0.4 is 0 Å². The van der Waals surface area contributed by atoms with Crippen LogP contribution in [0.5, 0.6) is 5.75 Å². The van der Waals surface area contributed by atoms with Crippen molar-refractivity contribution in [2.45, 2.75) is 6.92 Å². The Morgan fingerprint density at radius 3 is 2.06 bits per heavy atom. The molecule has 0 unspecified atom stereocenters. The fourth-order valence-corrected chi connectivity index (χ4v) is 1.33. The number of phenols is 1. The number of hydrogen-bond acceptors (Lipinski definition) is 3. The quantitative estimate of drug-likeness (QED) is 0.748. The highest BCUT2D eigenvalue weighted by Gasteiger charge is 1.97. The summed E-state index contributed by atoms with van der Waals surface area (Å²) < 4.78 is 0. The maximum Gasteiger partial charge on any atom is 0.143 e. The summed E-state index contributed by atoms with van der Waals surface area (Å²) in [7, 11) is 0. The van der Waals surface area contributed by atoms with Crippen molar-refractivity contribution < 1.29 is 5.11 Å². The van der Waals surface area contributed by atoms with E-state index in [1.807, 2.05) is 37.3 Å². The van der Waals surface area contributed by atoms with Gasteiger partial charge in [-0.1, -0.05) is 30.3 Å². The van der Waals surface area contributed by atoms with E-state index in [1.165, 1.54) is 0 Å². The molecule has 0 aliphatic rings. The zero-order chi connectivity index (χ0) is 11.4. The van der Waals surface area contributed by atoms with Gasteiger partial charge in [0.25, 0.3) is 0 Å². The summed E-state index contributed by atoms with van der Waals surface area (Å²) in [5, 5.41) is 17.6. The van der Waals surface area contributed by atoms with Gasteiger partial charge >= 0.3 is 0 Å². The smallest absolute Gasteiger partial charge is 0.143 e. The molecule has 0 radical (unpaired) electrons. The Hall–Kier alpha value is -2.16. The van der Waals surface area contributed by atoms with Crippen LogP contribution in [0.15, 0.2) is 58.8 Å². The molecule has 0 atom stereocenters. The third-order valence-electron chi connectivity index (χ3n) is 2.26. The summed E-state index contributed by atoms with van der Waals surface area (Å²) in [4.78, 5) is 0. The first-order valence-corrected chi connectivity index (χ1v) is 5.03. The summed E-state index contributed by atoms with van der Waals surface area (Å²) in [5.74, 6) is 0.139. The lowest BCUT2D eigenvalue weighted by atomic mass is 10.2. The number of phenolic OH excluding ortho intramolecular Hbond substituents is 1. The summed E-state index contributed by atoms with van der Waals surface area (Å²) >= 11 is 0. The lowest BCUT2D eigenvalue weighted by molar-refractivity contribution is 0.476. The van der Waals surface area contributed by atoms with E-state index < -0.39 is 0 Å². The molecular weight excluding hydrogens is 200 g/mol. The fraction of sp³-hybridized carbons (Fsp3) is 0.0769. The van der Waals surface area contributed by atoms with E-state index in [1.54, 1.807) is 18.2 Å². The van der Waals surface area contributed by atoms with Crippen molar-refractivity contribution in [3.05, 3.63) is 54.1 Å². The third kappa shape index (κ3) is 2.25. The Bertz CT molecular complexity index is 473. The van der Waals surface area contributed by atoms with Crippen LogP contribution in [0.25, 0.3) is 0 Å². The summed E-state index contributed by atoms with van der Waals surface area (Å²) in [6, 6.07) is 14.6. The molecule has 1 N–H and O–H groups in total. The van der Waals surface area contributed by atoms with Gasteiger partial charge < -0.3 is 5.11 Å². The lowest BCUT2D eigenvalue weighted by Crippen LogP contribution is -1.71. The fourth-order valence-electron chi connectivity index (χ4n) is 1.33. The van der Waals surface area contributed by atoms with Crippen LogP contribution in [-0.2, 0) is 0 Å². The van der Waals surface area contributed by atoms with Gasteiger partial charge in [0.1, 0.15) is 11.4 Å². The molecule has 0 heterocycles. The van der Waals surface area contributed by atoms with Crippen molar-refractivity contribution >= 4 is 11.4 Å². The number of rotatable bonds is 2. The van der Waals surface area contributed by atoms with Crippen LogP contribution in [-0.4, -0.2) is 5.11 Å². The standard InChI is InChI=1S/C13H12N2O/c1-10-6-2-3-7-11(10)14-15-12-8-4-5-9-13(12)16/h2-9,16H,1H3/b15-14+. The Morgan fingerprint density at radius 1 is 0.812 bits per heavy atom. The molecule has 0 aliphatic heterocycles.